The van der Waals surface area contributed by atoms with Crippen LogP contribution < -0.4 is 5.32 Å². The summed E-state index contributed by atoms with van der Waals surface area (Å²) < 4.78 is 0. The first-order chi connectivity index (χ1) is 11.0. The zero-order valence-corrected chi connectivity index (χ0v) is 12.7. The minimum absolute atomic E-state index is 0.0186. The molecule has 0 aliphatic heterocycles. The number of amides is 1. The van der Waals surface area contributed by atoms with Crippen LogP contribution in [0.4, 0.5) is 0 Å². The first-order valence-electron chi connectivity index (χ1n) is 6.94. The van der Waals surface area contributed by atoms with E-state index in [4.69, 9.17) is 0 Å². The highest BCUT2D eigenvalue weighted by atomic mass is 16.4. The highest BCUT2D eigenvalue weighted by Gasteiger charge is 2.19. The topological polar surface area (TPSA) is 103 Å². The molecule has 1 aromatic heterocycles. The van der Waals surface area contributed by atoms with E-state index in [1.807, 2.05) is 6.92 Å². The molecule has 1 amide bonds. The van der Waals surface area contributed by atoms with Gasteiger partial charge in [0.1, 0.15) is 5.69 Å². The number of pyridine rings is 1. The van der Waals surface area contributed by atoms with E-state index in [2.05, 4.69) is 16.4 Å². The van der Waals surface area contributed by atoms with Gasteiger partial charge in [-0.15, -0.1) is 0 Å². The van der Waals surface area contributed by atoms with Crippen molar-refractivity contribution >= 4 is 11.9 Å². The van der Waals surface area contributed by atoms with Gasteiger partial charge >= 0.3 is 5.97 Å². The Morgan fingerprint density at radius 1 is 1.30 bits per heavy atom. The Morgan fingerprint density at radius 3 is 2.61 bits per heavy atom. The molecule has 2 aromatic rings. The quantitative estimate of drug-likeness (QED) is 0.900. The van der Waals surface area contributed by atoms with Gasteiger partial charge in [0.15, 0.2) is 0 Å². The van der Waals surface area contributed by atoms with Gasteiger partial charge in [-0.3, -0.25) is 4.79 Å². The van der Waals surface area contributed by atoms with Gasteiger partial charge in [-0.25, -0.2) is 9.78 Å². The van der Waals surface area contributed by atoms with Crippen LogP contribution in [0.15, 0.2) is 36.4 Å². The summed E-state index contributed by atoms with van der Waals surface area (Å²) in [5.41, 5.74) is 1.65. The van der Waals surface area contributed by atoms with E-state index in [1.165, 1.54) is 19.2 Å². The minimum Gasteiger partial charge on any atom is -0.478 e. The van der Waals surface area contributed by atoms with Crippen molar-refractivity contribution in [1.29, 1.82) is 5.26 Å². The van der Waals surface area contributed by atoms with Gasteiger partial charge in [-0.1, -0.05) is 25.1 Å². The minimum atomic E-state index is -1.14. The molecule has 1 aromatic carbocycles. The number of carboxylic acids is 1. The summed E-state index contributed by atoms with van der Waals surface area (Å²) in [6.07, 6.45) is 0. The molecule has 0 aliphatic rings. The van der Waals surface area contributed by atoms with Crippen molar-refractivity contribution in [2.75, 3.05) is 7.05 Å². The number of aromatic carboxylic acids is 1. The zero-order valence-electron chi connectivity index (χ0n) is 12.7. The van der Waals surface area contributed by atoms with Crippen LogP contribution in [0.1, 0.15) is 50.5 Å². The lowest BCUT2D eigenvalue weighted by molar-refractivity contribution is 0.0696. The van der Waals surface area contributed by atoms with E-state index < -0.39 is 11.9 Å². The summed E-state index contributed by atoms with van der Waals surface area (Å²) >= 11 is 0. The Hall–Kier alpha value is -3.20. The van der Waals surface area contributed by atoms with Gasteiger partial charge in [-0.05, 0) is 23.8 Å². The Bertz CT molecular complexity index is 809. The number of rotatable bonds is 4. The van der Waals surface area contributed by atoms with Crippen LogP contribution in [0.3, 0.4) is 0 Å². The maximum Gasteiger partial charge on any atom is 0.335 e. The van der Waals surface area contributed by atoms with Gasteiger partial charge < -0.3 is 10.4 Å². The van der Waals surface area contributed by atoms with Crippen molar-refractivity contribution in [3.05, 3.63) is 64.5 Å². The van der Waals surface area contributed by atoms with E-state index in [9.17, 15) is 20.0 Å². The number of nitrogens with zero attached hydrogens (tertiary/aromatic N) is 2. The maximum atomic E-state index is 11.8. The van der Waals surface area contributed by atoms with Crippen molar-refractivity contribution in [1.82, 2.24) is 10.3 Å². The number of carboxylic acid groups (broad SMARTS) is 1. The molecule has 6 heteroatoms. The molecule has 0 radical (unpaired) electrons. The predicted molar refractivity (Wildman–Crippen MR) is 83.3 cm³/mol. The monoisotopic (exact) mass is 309 g/mol. The van der Waals surface area contributed by atoms with Crippen LogP contribution in [0.25, 0.3) is 0 Å². The largest absolute Gasteiger partial charge is 0.478 e. The number of hydrogen-bond acceptors (Lipinski definition) is 4. The first-order valence-corrected chi connectivity index (χ1v) is 6.94. The molecule has 0 saturated carbocycles. The van der Waals surface area contributed by atoms with Gasteiger partial charge in [0.05, 0.1) is 17.2 Å². The summed E-state index contributed by atoms with van der Waals surface area (Å²) in [5.74, 6) is -1.93. The predicted octanol–water partition coefficient (Wildman–Crippen LogP) is 2.16. The van der Waals surface area contributed by atoms with E-state index in [0.717, 1.165) is 5.56 Å². The molecule has 1 atom stereocenters. The fourth-order valence-corrected chi connectivity index (χ4v) is 2.28. The van der Waals surface area contributed by atoms with Gasteiger partial charge in [-0.2, -0.15) is 5.26 Å². The van der Waals surface area contributed by atoms with Crippen LogP contribution in [-0.2, 0) is 0 Å². The van der Waals surface area contributed by atoms with Crippen LogP contribution in [0.5, 0.6) is 0 Å². The molecule has 1 heterocycles. The van der Waals surface area contributed by atoms with Crippen LogP contribution in [-0.4, -0.2) is 29.0 Å². The molecular weight excluding hydrogens is 294 g/mol. The fraction of sp³-hybridized carbons (Fsp3) is 0.176. The van der Waals surface area contributed by atoms with E-state index >= 15 is 0 Å². The third-order valence-corrected chi connectivity index (χ3v) is 3.54. The van der Waals surface area contributed by atoms with E-state index in [0.29, 0.717) is 11.3 Å². The summed E-state index contributed by atoms with van der Waals surface area (Å²) in [6.45, 7) is 1.82. The molecule has 0 fully saturated rings. The number of nitrogens with one attached hydrogen (secondary N) is 1. The molecular formula is C17H15N3O3. The molecule has 0 saturated heterocycles. The summed E-state index contributed by atoms with van der Waals surface area (Å²) in [4.78, 5) is 27.3. The molecule has 0 aliphatic carbocycles. The summed E-state index contributed by atoms with van der Waals surface area (Å²) in [7, 11) is 1.45. The van der Waals surface area contributed by atoms with Crippen molar-refractivity contribution in [3.8, 4) is 6.07 Å². The van der Waals surface area contributed by atoms with Crippen LogP contribution in [0.2, 0.25) is 0 Å². The van der Waals surface area contributed by atoms with Crippen LogP contribution in [0, 0.1) is 11.3 Å². The lowest BCUT2D eigenvalue weighted by Gasteiger charge is -2.15. The first kappa shape index (κ1) is 16.2. The number of nitriles is 1. The Morgan fingerprint density at radius 2 is 2.00 bits per heavy atom. The highest BCUT2D eigenvalue weighted by molar-refractivity contribution is 5.95. The Kier molecular flexibility index (Phi) is 4.72. The molecule has 2 N–H and O–H groups in total. The lowest BCUT2D eigenvalue weighted by atomic mass is 9.92. The SMILES string of the molecule is CNC(=O)c1cc(C(=O)O)cc(C(C)c2ccccc2C#N)n1. The average molecular weight is 309 g/mol. The lowest BCUT2D eigenvalue weighted by Crippen LogP contribution is -2.21. The van der Waals surface area contributed by atoms with E-state index in [1.54, 1.807) is 24.3 Å². The van der Waals surface area contributed by atoms with Gasteiger partial charge in [0, 0.05) is 18.7 Å². The molecule has 6 nitrogen and oxygen atoms in total. The van der Waals surface area contributed by atoms with Crippen molar-refractivity contribution < 1.29 is 14.7 Å². The standard InChI is InChI=1S/C17H15N3O3/c1-10(13-6-4-3-5-11(13)9-18)14-7-12(17(22)23)8-15(20-14)16(21)19-2/h3-8,10H,1-2H3,(H,19,21)(H,22,23). The second kappa shape index (κ2) is 6.71. The van der Waals surface area contributed by atoms with Crippen molar-refractivity contribution in [3.63, 3.8) is 0 Å². The Labute approximate surface area is 133 Å². The average Bonchev–Trinajstić information content (AvgIpc) is 2.59. The summed E-state index contributed by atoms with van der Waals surface area (Å²) in [6, 6.07) is 11.8. The highest BCUT2D eigenvalue weighted by Crippen LogP contribution is 2.26. The van der Waals surface area contributed by atoms with Gasteiger partial charge in [0.25, 0.3) is 5.91 Å². The van der Waals surface area contributed by atoms with Crippen LogP contribution >= 0.6 is 0 Å². The van der Waals surface area contributed by atoms with E-state index in [-0.39, 0.29) is 17.2 Å². The number of benzene rings is 1. The molecule has 116 valence electrons. The zero-order chi connectivity index (χ0) is 17.0. The normalized spacial score (nSPS) is 11.3. The van der Waals surface area contributed by atoms with Gasteiger partial charge in [0.2, 0.25) is 0 Å². The number of aromatic nitrogens is 1. The van der Waals surface area contributed by atoms with Crippen molar-refractivity contribution in [2.24, 2.45) is 0 Å². The van der Waals surface area contributed by atoms with Crippen molar-refractivity contribution in [2.45, 2.75) is 12.8 Å². The third-order valence-electron chi connectivity index (χ3n) is 3.54. The number of hydrogen-bond donors (Lipinski definition) is 2. The molecule has 23 heavy (non-hydrogen) atoms. The number of carbonyl (C=O) groups is 2. The number of carbonyl (C=O) groups excluding carboxylic acids is 1. The second-order valence-electron chi connectivity index (χ2n) is 4.97. The fourth-order valence-electron chi connectivity index (χ4n) is 2.28. The molecule has 1 unspecified atom stereocenters. The smallest absolute Gasteiger partial charge is 0.335 e. The Balaban J connectivity index is 2.57. The second-order valence-corrected chi connectivity index (χ2v) is 4.97. The third kappa shape index (κ3) is 3.35. The molecule has 0 spiro atoms. The summed E-state index contributed by atoms with van der Waals surface area (Å²) in [5, 5.41) is 20.9. The molecule has 0 bridgehead atoms. The molecule has 2 rings (SSSR count). The maximum absolute atomic E-state index is 11.8.